The smallest absolute Gasteiger partial charge is 0.160 e. The van der Waals surface area contributed by atoms with Crippen molar-refractivity contribution in [2.45, 2.75) is 6.61 Å². The SMILES string of the molecule is COCc1cnn2cc(N)cnc12. The van der Waals surface area contributed by atoms with Gasteiger partial charge < -0.3 is 10.5 Å². The second-order valence-electron chi connectivity index (χ2n) is 2.76. The van der Waals surface area contributed by atoms with Crippen LogP contribution in [-0.2, 0) is 11.3 Å². The summed E-state index contributed by atoms with van der Waals surface area (Å²) in [6.07, 6.45) is 5.06. The lowest BCUT2D eigenvalue weighted by Gasteiger charge is -1.96. The third-order valence-electron chi connectivity index (χ3n) is 1.75. The number of anilines is 1. The van der Waals surface area contributed by atoms with Crippen LogP contribution < -0.4 is 5.73 Å². The van der Waals surface area contributed by atoms with Crippen molar-refractivity contribution < 1.29 is 4.74 Å². The van der Waals surface area contributed by atoms with Crippen molar-refractivity contribution in [3.63, 3.8) is 0 Å². The molecule has 0 saturated heterocycles. The molecule has 0 fully saturated rings. The molecule has 0 bridgehead atoms. The number of nitrogen functional groups attached to an aromatic ring is 1. The Hall–Kier alpha value is -1.62. The molecule has 0 aliphatic heterocycles. The Labute approximate surface area is 75.1 Å². The van der Waals surface area contributed by atoms with E-state index >= 15 is 0 Å². The van der Waals surface area contributed by atoms with Gasteiger partial charge in [-0.05, 0) is 0 Å². The van der Waals surface area contributed by atoms with E-state index in [0.717, 1.165) is 11.2 Å². The maximum absolute atomic E-state index is 5.55. The zero-order valence-corrected chi connectivity index (χ0v) is 7.27. The average molecular weight is 178 g/mol. The van der Waals surface area contributed by atoms with Gasteiger partial charge in [-0.1, -0.05) is 0 Å². The predicted octanol–water partition coefficient (Wildman–Crippen LogP) is 0.458. The van der Waals surface area contributed by atoms with Gasteiger partial charge in [0.25, 0.3) is 0 Å². The molecule has 0 amide bonds. The maximum atomic E-state index is 5.55. The summed E-state index contributed by atoms with van der Waals surface area (Å²) in [5.74, 6) is 0. The maximum Gasteiger partial charge on any atom is 0.160 e. The first-order chi connectivity index (χ1) is 6.31. The van der Waals surface area contributed by atoms with Crippen molar-refractivity contribution in [1.82, 2.24) is 14.6 Å². The van der Waals surface area contributed by atoms with Gasteiger partial charge in [-0.15, -0.1) is 0 Å². The van der Waals surface area contributed by atoms with Gasteiger partial charge in [-0.3, -0.25) is 0 Å². The number of ether oxygens (including phenoxy) is 1. The van der Waals surface area contributed by atoms with Crippen molar-refractivity contribution in [1.29, 1.82) is 0 Å². The summed E-state index contributed by atoms with van der Waals surface area (Å²) in [5, 5.41) is 4.09. The first kappa shape index (κ1) is 8.00. The molecule has 0 radical (unpaired) electrons. The lowest BCUT2D eigenvalue weighted by molar-refractivity contribution is 0.186. The topological polar surface area (TPSA) is 65.4 Å². The number of nitrogens with zero attached hydrogens (tertiary/aromatic N) is 3. The average Bonchev–Trinajstić information content (AvgIpc) is 2.49. The van der Waals surface area contributed by atoms with E-state index in [1.807, 2.05) is 0 Å². The number of rotatable bonds is 2. The van der Waals surface area contributed by atoms with Crippen LogP contribution in [0.2, 0.25) is 0 Å². The standard InChI is InChI=1S/C8H10N4O/c1-13-5-6-2-11-12-4-7(9)3-10-8(6)12/h2-4H,5,9H2,1H3. The number of hydrogen-bond acceptors (Lipinski definition) is 4. The third kappa shape index (κ3) is 1.33. The number of methoxy groups -OCH3 is 1. The number of fused-ring (bicyclic) bond motifs is 1. The summed E-state index contributed by atoms with van der Waals surface area (Å²) in [7, 11) is 1.64. The molecule has 0 saturated carbocycles. The van der Waals surface area contributed by atoms with E-state index in [1.165, 1.54) is 0 Å². The summed E-state index contributed by atoms with van der Waals surface area (Å²) in [5.41, 5.74) is 7.90. The highest BCUT2D eigenvalue weighted by Crippen LogP contribution is 2.09. The van der Waals surface area contributed by atoms with Gasteiger partial charge >= 0.3 is 0 Å². The Bertz CT molecular complexity index is 423. The molecule has 0 aromatic carbocycles. The highest BCUT2D eigenvalue weighted by molar-refractivity contribution is 5.49. The number of hydrogen-bond donors (Lipinski definition) is 1. The Morgan fingerprint density at radius 2 is 2.38 bits per heavy atom. The van der Waals surface area contributed by atoms with Crippen LogP contribution in [0.3, 0.4) is 0 Å². The fourth-order valence-corrected chi connectivity index (χ4v) is 1.20. The molecule has 0 unspecified atom stereocenters. The lowest BCUT2D eigenvalue weighted by Crippen LogP contribution is -1.95. The summed E-state index contributed by atoms with van der Waals surface area (Å²) in [4.78, 5) is 4.15. The van der Waals surface area contributed by atoms with E-state index in [0.29, 0.717) is 12.3 Å². The first-order valence-electron chi connectivity index (χ1n) is 3.88. The molecule has 0 spiro atoms. The molecule has 2 N–H and O–H groups in total. The predicted molar refractivity (Wildman–Crippen MR) is 48.1 cm³/mol. The van der Waals surface area contributed by atoms with Gasteiger partial charge in [0.2, 0.25) is 0 Å². The molecule has 2 aromatic heterocycles. The Balaban J connectivity index is 2.55. The van der Waals surface area contributed by atoms with Crippen molar-refractivity contribution in [3.05, 3.63) is 24.2 Å². The van der Waals surface area contributed by atoms with Gasteiger partial charge in [0, 0.05) is 12.7 Å². The molecule has 2 heterocycles. The van der Waals surface area contributed by atoms with Crippen LogP contribution in [0, 0.1) is 0 Å². The molecule has 2 rings (SSSR count). The fraction of sp³-hybridized carbons (Fsp3) is 0.250. The third-order valence-corrected chi connectivity index (χ3v) is 1.75. The van der Waals surface area contributed by atoms with Crippen LogP contribution >= 0.6 is 0 Å². The highest BCUT2D eigenvalue weighted by Gasteiger charge is 2.03. The Morgan fingerprint density at radius 1 is 1.54 bits per heavy atom. The number of aromatic nitrogens is 3. The summed E-state index contributed by atoms with van der Waals surface area (Å²) < 4.78 is 6.64. The van der Waals surface area contributed by atoms with Crippen molar-refractivity contribution in [2.75, 3.05) is 12.8 Å². The van der Waals surface area contributed by atoms with Crippen LogP contribution in [0.5, 0.6) is 0 Å². The van der Waals surface area contributed by atoms with E-state index in [-0.39, 0.29) is 0 Å². The summed E-state index contributed by atoms with van der Waals surface area (Å²) >= 11 is 0. The van der Waals surface area contributed by atoms with Gasteiger partial charge in [0.05, 0.1) is 30.9 Å². The molecule has 13 heavy (non-hydrogen) atoms. The molecule has 0 aliphatic rings. The molecule has 2 aromatic rings. The van der Waals surface area contributed by atoms with Crippen LogP contribution in [0.1, 0.15) is 5.56 Å². The van der Waals surface area contributed by atoms with Gasteiger partial charge in [-0.2, -0.15) is 5.10 Å². The van der Waals surface area contributed by atoms with E-state index in [1.54, 1.807) is 30.2 Å². The molecular formula is C8H10N4O. The van der Waals surface area contributed by atoms with Crippen molar-refractivity contribution in [2.24, 2.45) is 0 Å². The monoisotopic (exact) mass is 178 g/mol. The second-order valence-corrected chi connectivity index (χ2v) is 2.76. The van der Waals surface area contributed by atoms with E-state index in [2.05, 4.69) is 10.1 Å². The molecular weight excluding hydrogens is 168 g/mol. The van der Waals surface area contributed by atoms with Crippen LogP contribution in [0.4, 0.5) is 5.69 Å². The number of nitrogens with two attached hydrogens (primary N) is 1. The second kappa shape index (κ2) is 3.02. The molecule has 5 nitrogen and oxygen atoms in total. The van der Waals surface area contributed by atoms with Crippen LogP contribution in [0.25, 0.3) is 5.65 Å². The van der Waals surface area contributed by atoms with E-state index < -0.39 is 0 Å². The first-order valence-corrected chi connectivity index (χ1v) is 3.88. The van der Waals surface area contributed by atoms with Crippen molar-refractivity contribution in [3.8, 4) is 0 Å². The van der Waals surface area contributed by atoms with Gasteiger partial charge in [0.15, 0.2) is 5.65 Å². The van der Waals surface area contributed by atoms with Crippen LogP contribution in [-0.4, -0.2) is 21.7 Å². The van der Waals surface area contributed by atoms with Gasteiger partial charge in [0.1, 0.15) is 0 Å². The largest absolute Gasteiger partial charge is 0.396 e. The zero-order chi connectivity index (χ0) is 9.26. The normalized spacial score (nSPS) is 10.8. The van der Waals surface area contributed by atoms with Gasteiger partial charge in [-0.25, -0.2) is 9.50 Å². The van der Waals surface area contributed by atoms with E-state index in [9.17, 15) is 0 Å². The summed E-state index contributed by atoms with van der Waals surface area (Å²) in [6.45, 7) is 0.514. The zero-order valence-electron chi connectivity index (χ0n) is 7.27. The minimum absolute atomic E-state index is 0.514. The Morgan fingerprint density at radius 3 is 3.15 bits per heavy atom. The minimum Gasteiger partial charge on any atom is -0.396 e. The Kier molecular flexibility index (Phi) is 1.86. The van der Waals surface area contributed by atoms with E-state index in [4.69, 9.17) is 10.5 Å². The molecule has 68 valence electrons. The highest BCUT2D eigenvalue weighted by atomic mass is 16.5. The minimum atomic E-state index is 0.514. The summed E-state index contributed by atoms with van der Waals surface area (Å²) in [6, 6.07) is 0. The molecule has 0 aliphatic carbocycles. The lowest BCUT2D eigenvalue weighted by atomic mass is 10.3. The van der Waals surface area contributed by atoms with Crippen LogP contribution in [0.15, 0.2) is 18.6 Å². The van der Waals surface area contributed by atoms with Crippen molar-refractivity contribution >= 4 is 11.3 Å². The molecule has 5 heteroatoms. The fourth-order valence-electron chi connectivity index (χ4n) is 1.20. The quantitative estimate of drug-likeness (QED) is 0.725. The molecule has 0 atom stereocenters.